The van der Waals surface area contributed by atoms with Crippen molar-refractivity contribution in [1.82, 2.24) is 10.3 Å². The molecule has 3 heterocycles. The van der Waals surface area contributed by atoms with E-state index >= 15 is 0 Å². The topological polar surface area (TPSA) is 113 Å². The highest BCUT2D eigenvalue weighted by molar-refractivity contribution is 7.90. The van der Waals surface area contributed by atoms with E-state index < -0.39 is 10.0 Å². The lowest BCUT2D eigenvalue weighted by atomic mass is 10.2. The predicted octanol–water partition coefficient (Wildman–Crippen LogP) is 0.855. The summed E-state index contributed by atoms with van der Waals surface area (Å²) in [6, 6.07) is 11.9. The van der Waals surface area contributed by atoms with Crippen LogP contribution in [0.3, 0.4) is 0 Å². The fourth-order valence-electron chi connectivity index (χ4n) is 3.22. The van der Waals surface area contributed by atoms with Gasteiger partial charge in [0.15, 0.2) is 11.5 Å². The molecule has 0 radical (unpaired) electrons. The maximum Gasteiger partial charge on any atom is 0.287 e. The van der Waals surface area contributed by atoms with Gasteiger partial charge in [-0.1, -0.05) is 18.2 Å². The lowest BCUT2D eigenvalue weighted by molar-refractivity contribution is -0.121. The Morgan fingerprint density at radius 1 is 1.14 bits per heavy atom. The molecule has 0 aliphatic carbocycles. The monoisotopic (exact) mass is 413 g/mol. The highest BCUT2D eigenvalue weighted by Gasteiger charge is 2.36. The average molecular weight is 413 g/mol. The molecule has 3 aliphatic rings. The van der Waals surface area contributed by atoms with Crippen molar-refractivity contribution in [2.24, 2.45) is 9.39 Å². The third kappa shape index (κ3) is 3.05. The number of para-hydroxylation sites is 1. The molecule has 0 fully saturated rings. The normalized spacial score (nSPS) is 17.6. The number of guanidine groups is 1. The summed E-state index contributed by atoms with van der Waals surface area (Å²) in [5, 5.41) is 5.85. The molecule has 1 amide bonds. The minimum atomic E-state index is -3.82. The van der Waals surface area contributed by atoms with Crippen molar-refractivity contribution < 1.29 is 22.7 Å². The second-order valence-corrected chi connectivity index (χ2v) is 8.02. The maximum atomic E-state index is 12.5. The van der Waals surface area contributed by atoms with E-state index in [9.17, 15) is 13.2 Å². The molecule has 0 unspecified atom stereocenters. The van der Waals surface area contributed by atoms with Crippen LogP contribution in [-0.4, -0.2) is 45.0 Å². The van der Waals surface area contributed by atoms with Crippen molar-refractivity contribution in [3.05, 3.63) is 48.0 Å². The summed E-state index contributed by atoms with van der Waals surface area (Å²) in [5.74, 6) is 1.07. The van der Waals surface area contributed by atoms with Gasteiger partial charge in [-0.05, 0) is 29.8 Å². The smallest absolute Gasteiger partial charge is 0.287 e. The SMILES string of the molecule is O=C(CN1C=NC2=NS(=O)(=O)c3ccccc3N21)NCc1ccc2c(c1)OCO2. The molecular weight excluding hydrogens is 398 g/mol. The number of nitrogens with one attached hydrogen (secondary N) is 1. The van der Waals surface area contributed by atoms with Crippen molar-refractivity contribution in [3.8, 4) is 11.5 Å². The summed E-state index contributed by atoms with van der Waals surface area (Å²) in [6.07, 6.45) is 1.39. The number of rotatable bonds is 4. The van der Waals surface area contributed by atoms with Gasteiger partial charge in [0.25, 0.3) is 16.0 Å². The predicted molar refractivity (Wildman–Crippen MR) is 103 cm³/mol. The van der Waals surface area contributed by atoms with E-state index in [1.165, 1.54) is 22.4 Å². The van der Waals surface area contributed by atoms with E-state index in [0.717, 1.165) is 5.56 Å². The third-order valence-electron chi connectivity index (χ3n) is 4.56. The molecule has 0 spiro atoms. The quantitative estimate of drug-likeness (QED) is 0.791. The number of nitrogens with zero attached hydrogens (tertiary/aromatic N) is 4. The van der Waals surface area contributed by atoms with Crippen LogP contribution >= 0.6 is 0 Å². The molecule has 10 nitrogen and oxygen atoms in total. The second-order valence-electron chi connectivity index (χ2n) is 6.45. The van der Waals surface area contributed by atoms with E-state index in [1.54, 1.807) is 24.3 Å². The number of carbonyl (C=O) groups is 1. The molecule has 11 heteroatoms. The van der Waals surface area contributed by atoms with Crippen molar-refractivity contribution in [3.63, 3.8) is 0 Å². The Bertz CT molecular complexity index is 1180. The first-order valence-corrected chi connectivity index (χ1v) is 10.2. The lowest BCUT2D eigenvalue weighted by Gasteiger charge is -2.31. The first-order chi connectivity index (χ1) is 14.0. The molecular formula is C18H15N5O5S. The van der Waals surface area contributed by atoms with Gasteiger partial charge in [-0.25, -0.2) is 5.01 Å². The van der Waals surface area contributed by atoms with Crippen LogP contribution in [0.4, 0.5) is 5.69 Å². The molecule has 0 saturated carbocycles. The molecule has 3 aliphatic heterocycles. The molecule has 2 aromatic carbocycles. The van der Waals surface area contributed by atoms with Crippen molar-refractivity contribution in [2.75, 3.05) is 18.3 Å². The fraction of sp³-hybridized carbons (Fsp3) is 0.167. The van der Waals surface area contributed by atoms with E-state index in [2.05, 4.69) is 14.7 Å². The Balaban J connectivity index is 1.29. The standard InChI is InChI=1S/C18H15N5O5S/c24-17(19-8-12-5-6-14-15(7-12)28-11-27-14)9-22-10-20-18-21-29(25,26)16-4-2-1-3-13(16)23(18)22/h1-7,10H,8-9,11H2,(H,19,24). The first kappa shape index (κ1) is 17.5. The molecule has 148 valence electrons. The first-order valence-electron chi connectivity index (χ1n) is 8.71. The Labute approximate surface area is 166 Å². The van der Waals surface area contributed by atoms with Crippen LogP contribution in [-0.2, 0) is 21.4 Å². The number of ether oxygens (including phenoxy) is 2. The highest BCUT2D eigenvalue weighted by atomic mass is 32.2. The lowest BCUT2D eigenvalue weighted by Crippen LogP contribution is -2.47. The summed E-state index contributed by atoms with van der Waals surface area (Å²) in [7, 11) is -3.82. The zero-order valence-corrected chi connectivity index (χ0v) is 15.8. The van der Waals surface area contributed by atoms with Crippen LogP contribution in [0.1, 0.15) is 5.56 Å². The summed E-state index contributed by atoms with van der Waals surface area (Å²) < 4.78 is 38.9. The van der Waals surface area contributed by atoms with E-state index in [4.69, 9.17) is 9.47 Å². The number of hydrazine groups is 1. The van der Waals surface area contributed by atoms with E-state index in [1.807, 2.05) is 12.1 Å². The number of hydrogen-bond acceptors (Lipinski definition) is 8. The van der Waals surface area contributed by atoms with Crippen molar-refractivity contribution >= 4 is 33.9 Å². The number of sulfonamides is 1. The number of carbonyl (C=O) groups excluding carboxylic acids is 1. The Kier molecular flexibility index (Phi) is 3.91. The van der Waals surface area contributed by atoms with E-state index in [-0.39, 0.29) is 30.1 Å². The second kappa shape index (κ2) is 6.48. The molecule has 2 aromatic rings. The van der Waals surface area contributed by atoms with Crippen molar-refractivity contribution in [2.45, 2.75) is 11.4 Å². The summed E-state index contributed by atoms with van der Waals surface area (Å²) in [5.41, 5.74) is 1.27. The van der Waals surface area contributed by atoms with Gasteiger partial charge in [-0.3, -0.25) is 9.80 Å². The number of aliphatic imine (C=N–C) groups is 1. The van der Waals surface area contributed by atoms with Gasteiger partial charge in [-0.15, -0.1) is 4.40 Å². The number of benzene rings is 2. The number of fused-ring (bicyclic) bond motifs is 4. The zero-order valence-electron chi connectivity index (χ0n) is 15.0. The Hall–Kier alpha value is -3.60. The van der Waals surface area contributed by atoms with Crippen LogP contribution in [0.2, 0.25) is 0 Å². The number of anilines is 1. The average Bonchev–Trinajstić information content (AvgIpc) is 3.32. The summed E-state index contributed by atoms with van der Waals surface area (Å²) in [6.45, 7) is 0.449. The molecule has 29 heavy (non-hydrogen) atoms. The molecule has 0 atom stereocenters. The zero-order chi connectivity index (χ0) is 20.0. The fourth-order valence-corrected chi connectivity index (χ4v) is 4.33. The van der Waals surface area contributed by atoms with Gasteiger partial charge in [0.05, 0.1) is 5.69 Å². The minimum Gasteiger partial charge on any atom is -0.454 e. The molecule has 1 N–H and O–H groups in total. The Morgan fingerprint density at radius 2 is 1.97 bits per heavy atom. The van der Waals surface area contributed by atoms with Gasteiger partial charge in [0, 0.05) is 6.54 Å². The van der Waals surface area contributed by atoms with Crippen LogP contribution in [0.5, 0.6) is 11.5 Å². The van der Waals surface area contributed by atoms with Crippen molar-refractivity contribution in [1.29, 1.82) is 0 Å². The van der Waals surface area contributed by atoms with Crippen LogP contribution in [0.15, 0.2) is 56.8 Å². The molecule has 0 saturated heterocycles. The maximum absolute atomic E-state index is 12.5. The van der Waals surface area contributed by atoms with Crippen LogP contribution < -0.4 is 19.8 Å². The van der Waals surface area contributed by atoms with Gasteiger partial charge in [0.1, 0.15) is 17.8 Å². The van der Waals surface area contributed by atoms with Gasteiger partial charge < -0.3 is 14.8 Å². The van der Waals surface area contributed by atoms with Gasteiger partial charge >= 0.3 is 0 Å². The number of amides is 1. The minimum absolute atomic E-state index is 0.00673. The summed E-state index contributed by atoms with van der Waals surface area (Å²) in [4.78, 5) is 16.6. The molecule has 5 rings (SSSR count). The van der Waals surface area contributed by atoms with Gasteiger partial charge in [0.2, 0.25) is 12.7 Å². The molecule has 0 aromatic heterocycles. The van der Waals surface area contributed by atoms with Gasteiger partial charge in [-0.2, -0.15) is 13.4 Å². The Morgan fingerprint density at radius 3 is 2.86 bits per heavy atom. The third-order valence-corrected chi connectivity index (χ3v) is 5.86. The van der Waals surface area contributed by atoms with Crippen LogP contribution in [0, 0.1) is 0 Å². The largest absolute Gasteiger partial charge is 0.454 e. The van der Waals surface area contributed by atoms with Crippen LogP contribution in [0.25, 0.3) is 0 Å². The summed E-state index contributed by atoms with van der Waals surface area (Å²) >= 11 is 0. The highest BCUT2D eigenvalue weighted by Crippen LogP contribution is 2.34. The van der Waals surface area contributed by atoms with E-state index in [0.29, 0.717) is 23.7 Å². The number of hydrogen-bond donors (Lipinski definition) is 1. The molecule has 0 bridgehead atoms.